The van der Waals surface area contributed by atoms with Gasteiger partial charge in [-0.15, -0.1) is 0 Å². The fourth-order valence-electron chi connectivity index (χ4n) is 4.55. The first-order valence-corrected chi connectivity index (χ1v) is 16.8. The number of aryl methyl sites for hydroxylation is 1. The normalized spacial score (nSPS) is 13.6. The van der Waals surface area contributed by atoms with Gasteiger partial charge in [0, 0.05) is 6.61 Å². The predicted octanol–water partition coefficient (Wildman–Crippen LogP) is 7.21. The third kappa shape index (κ3) is 22.1. The Morgan fingerprint density at radius 1 is 0.632 bits per heavy atom. The van der Waals surface area contributed by atoms with Gasteiger partial charge in [-0.25, -0.2) is 0 Å². The summed E-state index contributed by atoms with van der Waals surface area (Å²) in [7, 11) is 1.84. The number of quaternary nitrogens is 1. The molecule has 0 heterocycles. The summed E-state index contributed by atoms with van der Waals surface area (Å²) in [5, 5.41) is 8.99. The van der Waals surface area contributed by atoms with Crippen molar-refractivity contribution in [2.45, 2.75) is 116 Å². The fraction of sp³-hybridized carbons (Fsp3) is 0.806. The molecule has 1 N–H and O–H groups in total. The highest BCUT2D eigenvalue weighted by Gasteiger charge is 2.13. The second-order valence-electron chi connectivity index (χ2n) is 11.8. The number of unbranched alkanes of at least 4 members (excludes halogenated alkanes) is 15. The summed E-state index contributed by atoms with van der Waals surface area (Å²) >= 11 is 0. The van der Waals surface area contributed by atoms with Gasteiger partial charge in [-0.2, -0.15) is 0 Å². The topological polar surface area (TPSA) is 78.8 Å². The molecule has 0 bridgehead atoms. The predicted molar refractivity (Wildman–Crippen MR) is 157 cm³/mol. The van der Waals surface area contributed by atoms with E-state index in [1.165, 1.54) is 101 Å². The smallest absolute Gasteiger partial charge is 0.268 e. The molecule has 0 radical (unpaired) electrons. The van der Waals surface area contributed by atoms with Crippen molar-refractivity contribution in [2.75, 3.05) is 47.5 Å². The Labute approximate surface area is 234 Å². The zero-order chi connectivity index (χ0) is 28.0. The molecule has 1 atom stereocenters. The number of rotatable bonds is 26. The van der Waals surface area contributed by atoms with Crippen LogP contribution in [0.3, 0.4) is 0 Å². The maximum Gasteiger partial charge on any atom is 0.268 e. The van der Waals surface area contributed by atoms with Gasteiger partial charge >= 0.3 is 0 Å². The van der Waals surface area contributed by atoms with E-state index in [9.17, 15) is 9.46 Å². The van der Waals surface area contributed by atoms with Crippen molar-refractivity contribution in [3.8, 4) is 0 Å². The first kappa shape index (κ1) is 35.3. The maximum absolute atomic E-state index is 11.7. The fourth-order valence-corrected chi connectivity index (χ4v) is 5.28. The Balaban J connectivity index is 1.78. The zero-order valence-corrected chi connectivity index (χ0v) is 25.7. The Morgan fingerprint density at radius 2 is 1.00 bits per heavy atom. The molecule has 222 valence electrons. The van der Waals surface area contributed by atoms with E-state index >= 15 is 0 Å². The molecule has 0 amide bonds. The van der Waals surface area contributed by atoms with E-state index in [0.717, 1.165) is 25.7 Å². The van der Waals surface area contributed by atoms with E-state index in [-0.39, 0.29) is 19.8 Å². The average molecular weight is 556 g/mol. The van der Waals surface area contributed by atoms with E-state index < -0.39 is 7.82 Å². The van der Waals surface area contributed by atoms with Crippen LogP contribution in [0.4, 0.5) is 0 Å². The monoisotopic (exact) mass is 555 g/mol. The number of aliphatic hydroxyl groups is 1. The first-order valence-electron chi connectivity index (χ1n) is 15.3. The SMILES string of the molecule is C[N+](C)(C)CCOP(=O)([O-])OCCCCCCCCCCCCCCCCCCc1ccc(CCO)cc1. The van der Waals surface area contributed by atoms with Crippen LogP contribution in [0.5, 0.6) is 0 Å². The van der Waals surface area contributed by atoms with E-state index in [1.807, 2.05) is 21.1 Å². The molecule has 1 aromatic carbocycles. The van der Waals surface area contributed by atoms with Crippen LogP contribution in [0.1, 0.15) is 114 Å². The van der Waals surface area contributed by atoms with Crippen molar-refractivity contribution < 1.29 is 28.1 Å². The second kappa shape index (κ2) is 22.0. The van der Waals surface area contributed by atoms with Crippen LogP contribution in [-0.4, -0.2) is 57.1 Å². The van der Waals surface area contributed by atoms with Gasteiger partial charge in [0.25, 0.3) is 7.82 Å². The number of phosphoric acid groups is 1. The summed E-state index contributed by atoms with van der Waals surface area (Å²) in [6, 6.07) is 8.72. The molecule has 0 aliphatic rings. The number of likely N-dealkylation sites (N-methyl/N-ethyl adjacent to an activating group) is 1. The minimum atomic E-state index is -4.15. The van der Waals surface area contributed by atoms with Crippen LogP contribution >= 0.6 is 7.82 Å². The van der Waals surface area contributed by atoms with Crippen LogP contribution in [0.15, 0.2) is 24.3 Å². The summed E-state index contributed by atoms with van der Waals surface area (Å²) in [4.78, 5) is 11.7. The van der Waals surface area contributed by atoms with E-state index in [4.69, 9.17) is 14.2 Å². The number of hydrogen-bond acceptors (Lipinski definition) is 5. The van der Waals surface area contributed by atoms with E-state index in [2.05, 4.69) is 24.3 Å². The lowest BCUT2D eigenvalue weighted by molar-refractivity contribution is -0.870. The quantitative estimate of drug-likeness (QED) is 0.0742. The lowest BCUT2D eigenvalue weighted by atomic mass is 10.0. The molecule has 0 aliphatic heterocycles. The number of hydrogen-bond donors (Lipinski definition) is 1. The van der Waals surface area contributed by atoms with Crippen molar-refractivity contribution in [1.29, 1.82) is 0 Å². The molecule has 1 unspecified atom stereocenters. The molecular formula is C31H58NO5P. The standard InChI is InChI=1S/C31H58NO5P/c1-32(2,3)26-29-37-38(34,35)36-28-19-17-15-13-11-9-7-5-4-6-8-10-12-14-16-18-20-30-21-23-31(24-22-30)25-27-33/h21-24,33H,4-20,25-29H2,1-3H3. The second-order valence-corrected chi connectivity index (χ2v) is 13.2. The Hall–Kier alpha value is -0.750. The molecule has 38 heavy (non-hydrogen) atoms. The molecule has 6 nitrogen and oxygen atoms in total. The van der Waals surface area contributed by atoms with E-state index in [0.29, 0.717) is 11.0 Å². The third-order valence-electron chi connectivity index (χ3n) is 7.04. The number of aliphatic hydroxyl groups excluding tert-OH is 1. The highest BCUT2D eigenvalue weighted by Crippen LogP contribution is 2.38. The molecule has 0 spiro atoms. The van der Waals surface area contributed by atoms with Crippen molar-refractivity contribution in [2.24, 2.45) is 0 Å². The van der Waals surface area contributed by atoms with Gasteiger partial charge in [0.1, 0.15) is 13.2 Å². The summed E-state index contributed by atoms with van der Waals surface area (Å²) < 4.78 is 22.3. The highest BCUT2D eigenvalue weighted by molar-refractivity contribution is 7.45. The summed E-state index contributed by atoms with van der Waals surface area (Å²) in [6.07, 6.45) is 22.2. The van der Waals surface area contributed by atoms with Crippen LogP contribution in [-0.2, 0) is 26.5 Å². The number of benzene rings is 1. The van der Waals surface area contributed by atoms with Gasteiger partial charge in [0.2, 0.25) is 0 Å². The lowest BCUT2D eigenvalue weighted by Gasteiger charge is -2.27. The number of phosphoric ester groups is 1. The van der Waals surface area contributed by atoms with Gasteiger partial charge in [0.05, 0.1) is 27.7 Å². The Morgan fingerprint density at radius 3 is 1.42 bits per heavy atom. The molecule has 0 aromatic heterocycles. The molecule has 1 rings (SSSR count). The van der Waals surface area contributed by atoms with Gasteiger partial charge in [-0.05, 0) is 36.8 Å². The Bertz CT molecular complexity index is 720. The molecular weight excluding hydrogens is 497 g/mol. The summed E-state index contributed by atoms with van der Waals surface area (Å²) in [6.45, 7) is 1.24. The molecule has 1 aromatic rings. The van der Waals surface area contributed by atoms with Crippen molar-refractivity contribution in [3.63, 3.8) is 0 Å². The van der Waals surface area contributed by atoms with Crippen LogP contribution in [0.2, 0.25) is 0 Å². The zero-order valence-electron chi connectivity index (χ0n) is 24.8. The summed E-state index contributed by atoms with van der Waals surface area (Å²) in [5.74, 6) is 0. The molecule has 0 saturated heterocycles. The van der Waals surface area contributed by atoms with Crippen molar-refractivity contribution in [1.82, 2.24) is 0 Å². The van der Waals surface area contributed by atoms with Crippen molar-refractivity contribution >= 4 is 7.82 Å². The molecule has 0 saturated carbocycles. The van der Waals surface area contributed by atoms with Crippen molar-refractivity contribution in [3.05, 3.63) is 35.4 Å². The van der Waals surface area contributed by atoms with E-state index in [1.54, 1.807) is 0 Å². The minimum Gasteiger partial charge on any atom is -0.756 e. The van der Waals surface area contributed by atoms with Gasteiger partial charge in [-0.1, -0.05) is 114 Å². The van der Waals surface area contributed by atoms with Gasteiger partial charge in [0.15, 0.2) is 0 Å². The molecule has 0 aliphatic carbocycles. The Kier molecular flexibility index (Phi) is 20.4. The average Bonchev–Trinajstić information content (AvgIpc) is 2.85. The van der Waals surface area contributed by atoms with Gasteiger partial charge < -0.3 is 23.5 Å². The maximum atomic E-state index is 11.7. The minimum absolute atomic E-state index is 0.162. The largest absolute Gasteiger partial charge is 0.756 e. The molecule has 7 heteroatoms. The highest BCUT2D eigenvalue weighted by atomic mass is 31.2. The van der Waals surface area contributed by atoms with Crippen LogP contribution in [0, 0.1) is 0 Å². The first-order chi connectivity index (χ1) is 18.2. The lowest BCUT2D eigenvalue weighted by Crippen LogP contribution is -2.37. The summed E-state index contributed by atoms with van der Waals surface area (Å²) in [5.41, 5.74) is 2.64. The molecule has 0 fully saturated rings. The van der Waals surface area contributed by atoms with Gasteiger partial charge in [-0.3, -0.25) is 4.57 Å². The third-order valence-corrected chi connectivity index (χ3v) is 8.04. The van der Waals surface area contributed by atoms with Crippen LogP contribution in [0.25, 0.3) is 0 Å². The number of nitrogens with zero attached hydrogens (tertiary/aromatic N) is 1. The van der Waals surface area contributed by atoms with Crippen LogP contribution < -0.4 is 4.89 Å².